The van der Waals surface area contributed by atoms with Crippen LogP contribution in [0.1, 0.15) is 37.3 Å². The van der Waals surface area contributed by atoms with Gasteiger partial charge < -0.3 is 5.32 Å². The third-order valence-electron chi connectivity index (χ3n) is 3.59. The molecule has 0 radical (unpaired) electrons. The highest BCUT2D eigenvalue weighted by Crippen LogP contribution is 2.25. The molecule has 0 saturated carbocycles. The number of hydrogen-bond acceptors (Lipinski definition) is 2. The molecule has 0 aliphatic heterocycles. The third kappa shape index (κ3) is 6.04. The average Bonchev–Trinajstić information content (AvgIpc) is 2.55. The Hall–Kier alpha value is -1.16. The summed E-state index contributed by atoms with van der Waals surface area (Å²) in [5.74, 6) is 2.10. The number of carbonyl (C=O) groups excluding carboxylic acids is 1. The van der Waals surface area contributed by atoms with Crippen LogP contribution in [0.2, 0.25) is 10.0 Å². The Morgan fingerprint density at radius 3 is 2.42 bits per heavy atom. The Kier molecular flexibility index (Phi) is 7.47. The number of rotatable bonds is 7. The molecule has 2 nitrogen and oxygen atoms in total. The molecular formula is C19H21Cl2NOS. The van der Waals surface area contributed by atoms with Gasteiger partial charge in [-0.3, -0.25) is 4.79 Å². The third-order valence-corrected chi connectivity index (χ3v) is 5.36. The molecular weight excluding hydrogens is 361 g/mol. The number of hydrogen-bond donors (Lipinski definition) is 1. The minimum Gasteiger partial charge on any atom is -0.326 e. The van der Waals surface area contributed by atoms with Gasteiger partial charge in [0.15, 0.2) is 0 Å². The molecule has 0 bridgehead atoms. The van der Waals surface area contributed by atoms with Crippen molar-refractivity contribution in [3.63, 3.8) is 0 Å². The van der Waals surface area contributed by atoms with Crippen molar-refractivity contribution in [2.24, 2.45) is 0 Å². The fourth-order valence-electron chi connectivity index (χ4n) is 2.16. The molecule has 0 saturated heterocycles. The fourth-order valence-corrected chi connectivity index (χ4v) is 3.37. The first kappa shape index (κ1) is 19.2. The van der Waals surface area contributed by atoms with Crippen LogP contribution in [0.4, 0.5) is 5.69 Å². The van der Waals surface area contributed by atoms with Crippen molar-refractivity contribution in [3.8, 4) is 0 Å². The Morgan fingerprint density at radius 2 is 1.79 bits per heavy atom. The molecule has 0 aliphatic carbocycles. The van der Waals surface area contributed by atoms with E-state index in [1.54, 1.807) is 17.8 Å². The lowest BCUT2D eigenvalue weighted by molar-refractivity contribution is -0.115. The predicted octanol–water partition coefficient (Wildman–Crippen LogP) is 6.38. The van der Waals surface area contributed by atoms with Crippen LogP contribution < -0.4 is 5.32 Å². The van der Waals surface area contributed by atoms with Crippen LogP contribution in [0, 0.1) is 0 Å². The lowest BCUT2D eigenvalue weighted by atomic mass is 10.0. The van der Waals surface area contributed by atoms with E-state index in [1.165, 1.54) is 5.56 Å². The molecule has 0 heterocycles. The van der Waals surface area contributed by atoms with Crippen LogP contribution in [0.25, 0.3) is 0 Å². The molecule has 128 valence electrons. The van der Waals surface area contributed by atoms with Gasteiger partial charge in [-0.05, 0) is 41.3 Å². The zero-order chi connectivity index (χ0) is 17.5. The van der Waals surface area contributed by atoms with Gasteiger partial charge in [-0.15, -0.1) is 0 Å². The summed E-state index contributed by atoms with van der Waals surface area (Å²) in [5.41, 5.74) is 3.23. The number of amides is 1. The monoisotopic (exact) mass is 381 g/mol. The first-order valence-electron chi connectivity index (χ1n) is 7.87. The summed E-state index contributed by atoms with van der Waals surface area (Å²) in [7, 11) is 0. The van der Waals surface area contributed by atoms with Gasteiger partial charge in [0.1, 0.15) is 0 Å². The Labute approximate surface area is 157 Å². The summed E-state index contributed by atoms with van der Waals surface area (Å²) in [6.07, 6.45) is 0.484. The number of anilines is 1. The standard InChI is InChI=1S/C19H21Cl2NOS/c1-13(2)15-4-6-16(7-5-15)22-19(23)9-10-24-12-14-3-8-17(20)18(21)11-14/h3-8,11,13H,9-10,12H2,1-2H3,(H,22,23). The van der Waals surface area contributed by atoms with E-state index >= 15 is 0 Å². The summed E-state index contributed by atoms with van der Waals surface area (Å²) < 4.78 is 0. The largest absolute Gasteiger partial charge is 0.326 e. The molecule has 2 aromatic rings. The van der Waals surface area contributed by atoms with Gasteiger partial charge in [-0.2, -0.15) is 11.8 Å². The van der Waals surface area contributed by atoms with Gasteiger partial charge in [-0.1, -0.05) is 55.2 Å². The minimum atomic E-state index is 0.0361. The number of carbonyl (C=O) groups is 1. The van der Waals surface area contributed by atoms with Gasteiger partial charge in [0.05, 0.1) is 10.0 Å². The Bertz CT molecular complexity index is 686. The SMILES string of the molecule is CC(C)c1ccc(NC(=O)CCSCc2ccc(Cl)c(Cl)c2)cc1. The maximum atomic E-state index is 12.0. The van der Waals surface area contributed by atoms with Crippen molar-refractivity contribution in [1.29, 1.82) is 0 Å². The van der Waals surface area contributed by atoms with Crippen LogP contribution in [-0.2, 0) is 10.5 Å². The lowest BCUT2D eigenvalue weighted by Gasteiger charge is -2.08. The van der Waals surface area contributed by atoms with E-state index in [0.29, 0.717) is 22.4 Å². The highest BCUT2D eigenvalue weighted by atomic mass is 35.5. The van der Waals surface area contributed by atoms with E-state index in [2.05, 4.69) is 31.3 Å². The van der Waals surface area contributed by atoms with Gasteiger partial charge in [-0.25, -0.2) is 0 Å². The van der Waals surface area contributed by atoms with Crippen molar-refractivity contribution in [1.82, 2.24) is 0 Å². The Morgan fingerprint density at radius 1 is 1.08 bits per heavy atom. The van der Waals surface area contributed by atoms with Crippen LogP contribution in [0.15, 0.2) is 42.5 Å². The smallest absolute Gasteiger partial charge is 0.225 e. The van der Waals surface area contributed by atoms with Gasteiger partial charge >= 0.3 is 0 Å². The molecule has 2 aromatic carbocycles. The zero-order valence-corrected chi connectivity index (χ0v) is 16.1. The fraction of sp³-hybridized carbons (Fsp3) is 0.316. The van der Waals surface area contributed by atoms with Gasteiger partial charge in [0.2, 0.25) is 5.91 Å². The highest BCUT2D eigenvalue weighted by molar-refractivity contribution is 7.98. The number of thioether (sulfide) groups is 1. The predicted molar refractivity (Wildman–Crippen MR) is 106 cm³/mol. The first-order valence-corrected chi connectivity index (χ1v) is 9.78. The number of benzene rings is 2. The van der Waals surface area contributed by atoms with E-state index in [0.717, 1.165) is 22.8 Å². The van der Waals surface area contributed by atoms with Crippen LogP contribution in [0.5, 0.6) is 0 Å². The Balaban J connectivity index is 1.72. The van der Waals surface area contributed by atoms with Crippen LogP contribution in [-0.4, -0.2) is 11.7 Å². The summed E-state index contributed by atoms with van der Waals surface area (Å²) in [5, 5.41) is 4.06. The van der Waals surface area contributed by atoms with Crippen molar-refractivity contribution in [3.05, 3.63) is 63.6 Å². The van der Waals surface area contributed by atoms with Crippen molar-refractivity contribution < 1.29 is 4.79 Å². The molecule has 0 unspecified atom stereocenters. The summed E-state index contributed by atoms with van der Waals surface area (Å²) >= 11 is 13.6. The molecule has 5 heteroatoms. The minimum absolute atomic E-state index is 0.0361. The maximum absolute atomic E-state index is 12.0. The first-order chi connectivity index (χ1) is 11.5. The number of halogens is 2. The normalized spacial score (nSPS) is 10.9. The van der Waals surface area contributed by atoms with Gasteiger partial charge in [0, 0.05) is 23.6 Å². The molecule has 0 atom stereocenters. The average molecular weight is 382 g/mol. The van der Waals surface area contributed by atoms with Gasteiger partial charge in [0.25, 0.3) is 0 Å². The second kappa shape index (κ2) is 9.36. The second-order valence-corrected chi connectivity index (χ2v) is 7.80. The lowest BCUT2D eigenvalue weighted by Crippen LogP contribution is -2.12. The number of nitrogens with one attached hydrogen (secondary N) is 1. The van der Waals surface area contributed by atoms with Crippen LogP contribution in [0.3, 0.4) is 0 Å². The maximum Gasteiger partial charge on any atom is 0.225 e. The van der Waals surface area contributed by atoms with Crippen molar-refractivity contribution in [2.45, 2.75) is 31.9 Å². The molecule has 0 aromatic heterocycles. The van der Waals surface area contributed by atoms with E-state index in [9.17, 15) is 4.79 Å². The molecule has 1 N–H and O–H groups in total. The second-order valence-electron chi connectivity index (χ2n) is 5.88. The molecule has 24 heavy (non-hydrogen) atoms. The summed E-state index contributed by atoms with van der Waals surface area (Å²) in [4.78, 5) is 12.0. The van der Waals surface area contributed by atoms with E-state index < -0.39 is 0 Å². The zero-order valence-electron chi connectivity index (χ0n) is 13.8. The highest BCUT2D eigenvalue weighted by Gasteiger charge is 2.05. The van der Waals surface area contributed by atoms with E-state index in [-0.39, 0.29) is 5.91 Å². The summed E-state index contributed by atoms with van der Waals surface area (Å²) in [6, 6.07) is 13.6. The van der Waals surface area contributed by atoms with E-state index in [1.807, 2.05) is 24.3 Å². The van der Waals surface area contributed by atoms with Crippen molar-refractivity contribution in [2.75, 3.05) is 11.1 Å². The topological polar surface area (TPSA) is 29.1 Å². The molecule has 0 spiro atoms. The summed E-state index contributed by atoms with van der Waals surface area (Å²) in [6.45, 7) is 4.30. The quantitative estimate of drug-likeness (QED) is 0.563. The molecule has 0 aliphatic rings. The van der Waals surface area contributed by atoms with Crippen LogP contribution >= 0.6 is 35.0 Å². The van der Waals surface area contributed by atoms with E-state index in [4.69, 9.17) is 23.2 Å². The molecule has 1 amide bonds. The molecule has 2 rings (SSSR count). The molecule has 0 fully saturated rings. The van der Waals surface area contributed by atoms with Crippen molar-refractivity contribution >= 4 is 46.6 Å².